The maximum absolute atomic E-state index is 15.1. The summed E-state index contributed by atoms with van der Waals surface area (Å²) in [6.45, 7) is 0.485. The lowest BCUT2D eigenvalue weighted by molar-refractivity contribution is -0.0722. The van der Waals surface area contributed by atoms with Gasteiger partial charge in [-0.3, -0.25) is 9.59 Å². The highest BCUT2D eigenvalue weighted by molar-refractivity contribution is 5.90. The van der Waals surface area contributed by atoms with E-state index in [4.69, 9.17) is 0 Å². The van der Waals surface area contributed by atoms with Gasteiger partial charge in [0.2, 0.25) is 0 Å². The molecule has 1 saturated carbocycles. The first kappa shape index (κ1) is 24.8. The predicted octanol–water partition coefficient (Wildman–Crippen LogP) is 3.90. The lowest BCUT2D eigenvalue weighted by Gasteiger charge is -2.22. The Bertz CT molecular complexity index is 1400. The van der Waals surface area contributed by atoms with Crippen LogP contribution >= 0.6 is 0 Å². The van der Waals surface area contributed by atoms with E-state index in [1.54, 1.807) is 0 Å². The summed E-state index contributed by atoms with van der Waals surface area (Å²) in [6, 6.07) is 3.60. The summed E-state index contributed by atoms with van der Waals surface area (Å²) in [5.41, 5.74) is -3.98. The molecule has 7 nitrogen and oxygen atoms in total. The number of nitrogens with one attached hydrogen (secondary N) is 1. The molecule has 188 valence electrons. The van der Waals surface area contributed by atoms with Crippen LogP contribution in [0.25, 0.3) is 10.8 Å². The summed E-state index contributed by atoms with van der Waals surface area (Å²) in [7, 11) is 2.41. The lowest BCUT2D eigenvalue weighted by Crippen LogP contribution is -2.36. The third kappa shape index (κ3) is 4.19. The molecule has 1 unspecified atom stereocenters. The Balaban J connectivity index is 1.81. The molecule has 12 heteroatoms. The standard InChI is InChI=1S/C23H23F5N4O3/c1-12(13-5-4-6-16(18(13)24)23(27,28)11-35-3)29-19-15-10-32(22(7-8-22)21(25)26)17(33)9-14(15)20(34)31(2)30-19/h4-6,9-10,12,21H,7-8,11H2,1-3H3,(H,29,30). The number of nitrogens with zero attached hydrogens (tertiary/aromatic N) is 3. The van der Waals surface area contributed by atoms with Crippen molar-refractivity contribution in [3.8, 4) is 0 Å². The van der Waals surface area contributed by atoms with E-state index >= 15 is 4.39 Å². The summed E-state index contributed by atoms with van der Waals surface area (Å²) in [4.78, 5) is 25.2. The normalized spacial score (nSPS) is 16.0. The average Bonchev–Trinajstić information content (AvgIpc) is 3.59. The highest BCUT2D eigenvalue weighted by Crippen LogP contribution is 2.48. The number of anilines is 1. The number of hydrogen-bond donors (Lipinski definition) is 1. The molecule has 1 aliphatic rings. The zero-order valence-corrected chi connectivity index (χ0v) is 19.1. The van der Waals surface area contributed by atoms with E-state index in [2.05, 4.69) is 15.2 Å². The van der Waals surface area contributed by atoms with Crippen LogP contribution in [0.2, 0.25) is 0 Å². The molecular weight excluding hydrogens is 475 g/mol. The van der Waals surface area contributed by atoms with Crippen LogP contribution in [-0.2, 0) is 23.2 Å². The minimum Gasteiger partial charge on any atom is -0.378 e. The number of rotatable bonds is 8. The van der Waals surface area contributed by atoms with Crippen LogP contribution in [0, 0.1) is 5.82 Å². The van der Waals surface area contributed by atoms with Crippen molar-refractivity contribution in [1.82, 2.24) is 14.3 Å². The van der Waals surface area contributed by atoms with Crippen molar-refractivity contribution in [3.63, 3.8) is 0 Å². The monoisotopic (exact) mass is 498 g/mol. The fourth-order valence-corrected chi connectivity index (χ4v) is 4.18. The number of alkyl halides is 4. The van der Waals surface area contributed by atoms with Gasteiger partial charge in [0.15, 0.2) is 5.82 Å². The summed E-state index contributed by atoms with van der Waals surface area (Å²) >= 11 is 0. The molecular formula is C23H23F5N4O3. The van der Waals surface area contributed by atoms with Gasteiger partial charge in [0.25, 0.3) is 23.5 Å². The van der Waals surface area contributed by atoms with Gasteiger partial charge in [0, 0.05) is 37.4 Å². The Morgan fingerprint density at radius 2 is 1.91 bits per heavy atom. The molecule has 0 bridgehead atoms. The van der Waals surface area contributed by atoms with E-state index in [1.165, 1.54) is 26.1 Å². The highest BCUT2D eigenvalue weighted by Gasteiger charge is 2.53. The molecule has 1 aliphatic carbocycles. The van der Waals surface area contributed by atoms with Gasteiger partial charge in [0.1, 0.15) is 18.0 Å². The number of benzene rings is 1. The summed E-state index contributed by atoms with van der Waals surface area (Å²) < 4.78 is 77.5. The largest absolute Gasteiger partial charge is 0.378 e. The van der Waals surface area contributed by atoms with Gasteiger partial charge in [-0.05, 0) is 25.8 Å². The number of aryl methyl sites for hydroxylation is 1. The minimum absolute atomic E-state index is 0.00173. The molecule has 1 atom stereocenters. The van der Waals surface area contributed by atoms with Gasteiger partial charge >= 0.3 is 0 Å². The highest BCUT2D eigenvalue weighted by atomic mass is 19.3. The minimum atomic E-state index is -3.57. The van der Waals surface area contributed by atoms with Gasteiger partial charge in [-0.1, -0.05) is 12.1 Å². The zero-order chi connectivity index (χ0) is 25.7. The smallest absolute Gasteiger partial charge is 0.298 e. The third-order valence-electron chi connectivity index (χ3n) is 6.30. The second-order valence-electron chi connectivity index (χ2n) is 8.70. The topological polar surface area (TPSA) is 78.2 Å². The van der Waals surface area contributed by atoms with Gasteiger partial charge in [-0.2, -0.15) is 13.9 Å². The molecule has 2 aromatic heterocycles. The Kier molecular flexibility index (Phi) is 6.20. The van der Waals surface area contributed by atoms with Crippen LogP contribution < -0.4 is 16.4 Å². The first-order valence-corrected chi connectivity index (χ1v) is 10.8. The fourth-order valence-electron chi connectivity index (χ4n) is 4.18. The number of hydrogen-bond acceptors (Lipinski definition) is 5. The van der Waals surface area contributed by atoms with Gasteiger partial charge in [-0.25, -0.2) is 17.9 Å². The summed E-state index contributed by atoms with van der Waals surface area (Å²) in [6.07, 6.45) is -1.44. The van der Waals surface area contributed by atoms with Crippen molar-refractivity contribution in [2.24, 2.45) is 7.05 Å². The van der Waals surface area contributed by atoms with Crippen LogP contribution in [0.1, 0.15) is 36.9 Å². The number of ether oxygens (including phenoxy) is 1. The number of aromatic nitrogens is 3. The molecule has 0 radical (unpaired) electrons. The number of pyridine rings is 1. The van der Waals surface area contributed by atoms with Gasteiger partial charge in [-0.15, -0.1) is 0 Å². The first-order chi connectivity index (χ1) is 16.4. The van der Waals surface area contributed by atoms with Crippen LogP contribution in [0.3, 0.4) is 0 Å². The van der Waals surface area contributed by atoms with Gasteiger partial charge in [0.05, 0.1) is 17.0 Å². The number of halogens is 5. The van der Waals surface area contributed by atoms with Crippen LogP contribution in [0.15, 0.2) is 40.1 Å². The van der Waals surface area contributed by atoms with E-state index in [1.807, 2.05) is 0 Å². The molecule has 3 aromatic rings. The van der Waals surface area contributed by atoms with E-state index in [9.17, 15) is 27.2 Å². The molecule has 4 rings (SSSR count). The SMILES string of the molecule is COCC(F)(F)c1cccc(C(C)Nc2nn(C)c(=O)c3cc(=O)n(C4(C(F)F)CC4)cc23)c1F. The molecule has 1 N–H and O–H groups in total. The van der Waals surface area contributed by atoms with E-state index in [0.717, 1.165) is 34.7 Å². The van der Waals surface area contributed by atoms with E-state index in [0.29, 0.717) is 0 Å². The Morgan fingerprint density at radius 3 is 2.51 bits per heavy atom. The van der Waals surface area contributed by atoms with E-state index in [-0.39, 0.29) is 35.0 Å². The molecule has 1 fully saturated rings. The van der Waals surface area contributed by atoms with Crippen molar-refractivity contribution in [2.75, 3.05) is 19.0 Å². The van der Waals surface area contributed by atoms with Gasteiger partial charge < -0.3 is 14.6 Å². The average molecular weight is 498 g/mol. The molecule has 0 saturated heterocycles. The molecule has 1 aromatic carbocycles. The lowest BCUT2D eigenvalue weighted by atomic mass is 10.00. The maximum Gasteiger partial charge on any atom is 0.298 e. The third-order valence-corrected chi connectivity index (χ3v) is 6.30. The second-order valence-corrected chi connectivity index (χ2v) is 8.70. The summed E-state index contributed by atoms with van der Waals surface area (Å²) in [5, 5.41) is 7.00. The molecule has 35 heavy (non-hydrogen) atoms. The first-order valence-electron chi connectivity index (χ1n) is 10.8. The second kappa shape index (κ2) is 8.74. The molecule has 2 heterocycles. The van der Waals surface area contributed by atoms with Crippen molar-refractivity contribution in [3.05, 3.63) is 68.1 Å². The van der Waals surface area contributed by atoms with Crippen LogP contribution in [0.4, 0.5) is 27.8 Å². The Morgan fingerprint density at radius 1 is 1.23 bits per heavy atom. The molecule has 0 amide bonds. The Labute approximate surface area is 196 Å². The zero-order valence-electron chi connectivity index (χ0n) is 19.1. The van der Waals surface area contributed by atoms with Crippen molar-refractivity contribution in [1.29, 1.82) is 0 Å². The van der Waals surface area contributed by atoms with Crippen molar-refractivity contribution >= 4 is 16.6 Å². The van der Waals surface area contributed by atoms with Crippen LogP contribution in [0.5, 0.6) is 0 Å². The van der Waals surface area contributed by atoms with Crippen molar-refractivity contribution in [2.45, 2.75) is 43.7 Å². The predicted molar refractivity (Wildman–Crippen MR) is 119 cm³/mol. The van der Waals surface area contributed by atoms with E-state index < -0.39 is 53.0 Å². The summed E-state index contributed by atoms with van der Waals surface area (Å²) in [5.74, 6) is -4.71. The number of methoxy groups -OCH3 is 1. The fraction of sp³-hybridized carbons (Fsp3) is 0.435. The van der Waals surface area contributed by atoms with Crippen molar-refractivity contribution < 1.29 is 26.7 Å². The Hall–Kier alpha value is -3.28. The number of fused-ring (bicyclic) bond motifs is 1. The molecule has 0 aliphatic heterocycles. The maximum atomic E-state index is 15.1. The van der Waals surface area contributed by atoms with Crippen LogP contribution in [-0.4, -0.2) is 34.5 Å². The quantitative estimate of drug-likeness (QED) is 0.477. The molecule has 0 spiro atoms.